The number of benzene rings is 2. The third kappa shape index (κ3) is 4.65. The van der Waals surface area contributed by atoms with E-state index in [0.717, 1.165) is 11.1 Å². The molecule has 1 fully saturated rings. The number of anilines is 1. The number of piperidine rings is 1. The Morgan fingerprint density at radius 2 is 1.72 bits per heavy atom. The van der Waals surface area contributed by atoms with Crippen LogP contribution in [0.25, 0.3) is 22.5 Å². The van der Waals surface area contributed by atoms with Crippen molar-refractivity contribution in [3.8, 4) is 28.3 Å². The Morgan fingerprint density at radius 1 is 1.00 bits per heavy atom. The van der Waals surface area contributed by atoms with Crippen LogP contribution in [0, 0.1) is 0 Å². The van der Waals surface area contributed by atoms with E-state index in [4.69, 9.17) is 0 Å². The van der Waals surface area contributed by atoms with Crippen molar-refractivity contribution in [1.29, 1.82) is 0 Å². The molecule has 0 radical (unpaired) electrons. The predicted molar refractivity (Wildman–Crippen MR) is 136 cm³/mol. The number of pyridine rings is 1. The summed E-state index contributed by atoms with van der Waals surface area (Å²) in [5.41, 5.74) is 1.79. The summed E-state index contributed by atoms with van der Waals surface area (Å²) in [5.74, 6) is 0.630. The number of H-pyrrole nitrogens is 1. The first-order valence-electron chi connectivity index (χ1n) is 11.7. The quantitative estimate of drug-likeness (QED) is 0.409. The van der Waals surface area contributed by atoms with Gasteiger partial charge in [-0.1, -0.05) is 42.5 Å². The van der Waals surface area contributed by atoms with Crippen LogP contribution in [0.4, 0.5) is 10.5 Å². The number of carbonyl (C=O) groups excluding carboxylic acids is 1. The lowest BCUT2D eigenvalue weighted by atomic mass is 10.1. The van der Waals surface area contributed by atoms with E-state index in [0.29, 0.717) is 37.3 Å². The Morgan fingerprint density at radius 3 is 2.44 bits per heavy atom. The van der Waals surface area contributed by atoms with Gasteiger partial charge in [-0.3, -0.25) is 9.78 Å². The molecule has 3 N–H and O–H groups in total. The molecule has 10 heteroatoms. The number of phenolic OH excluding ortho intramolecular Hbond substituents is 1. The van der Waals surface area contributed by atoms with Gasteiger partial charge in [0.25, 0.3) is 5.56 Å². The lowest BCUT2D eigenvalue weighted by molar-refractivity contribution is 0.179. The summed E-state index contributed by atoms with van der Waals surface area (Å²) in [6, 6.07) is 17.2. The van der Waals surface area contributed by atoms with Gasteiger partial charge in [0, 0.05) is 37.5 Å². The zero-order chi connectivity index (χ0) is 25.2. The minimum absolute atomic E-state index is 0.113. The fraction of sp³-hybridized carbons (Fsp3) is 0.231. The molecule has 4 aromatic rings. The van der Waals surface area contributed by atoms with Crippen molar-refractivity contribution in [2.75, 3.05) is 18.4 Å². The van der Waals surface area contributed by atoms with Gasteiger partial charge in [-0.05, 0) is 36.6 Å². The zero-order valence-electron chi connectivity index (χ0n) is 19.7. The first kappa shape index (κ1) is 23.2. The van der Waals surface area contributed by atoms with Crippen molar-refractivity contribution in [2.24, 2.45) is 7.05 Å². The number of phenols is 1. The van der Waals surface area contributed by atoms with Crippen LogP contribution in [0.5, 0.6) is 5.75 Å². The van der Waals surface area contributed by atoms with E-state index in [-0.39, 0.29) is 34.8 Å². The molecule has 2 aromatic carbocycles. The first-order valence-corrected chi connectivity index (χ1v) is 11.7. The van der Waals surface area contributed by atoms with Gasteiger partial charge in [-0.25, -0.2) is 14.3 Å². The second-order valence-corrected chi connectivity index (χ2v) is 8.85. The zero-order valence-corrected chi connectivity index (χ0v) is 19.7. The van der Waals surface area contributed by atoms with E-state index in [1.807, 2.05) is 36.4 Å². The number of carbonyl (C=O) groups is 1. The average Bonchev–Trinajstić information content (AvgIpc) is 3.28. The largest absolute Gasteiger partial charge is 0.508 e. The van der Waals surface area contributed by atoms with Gasteiger partial charge in [-0.2, -0.15) is 0 Å². The molecule has 3 heterocycles. The molecular formula is C26H26N6O4. The fourth-order valence-corrected chi connectivity index (χ4v) is 4.46. The normalized spacial score (nSPS) is 14.1. The van der Waals surface area contributed by atoms with E-state index < -0.39 is 0 Å². The van der Waals surface area contributed by atoms with Crippen molar-refractivity contribution in [2.45, 2.75) is 18.9 Å². The Labute approximate surface area is 206 Å². The number of nitrogens with zero attached hydrogens (tertiary/aromatic N) is 4. The second kappa shape index (κ2) is 9.57. The third-order valence-electron chi connectivity index (χ3n) is 6.39. The molecule has 1 saturated heterocycles. The van der Waals surface area contributed by atoms with Crippen LogP contribution in [0.2, 0.25) is 0 Å². The number of aromatic amines is 1. The Kier molecular flexibility index (Phi) is 6.16. The number of amides is 2. The van der Waals surface area contributed by atoms with E-state index in [9.17, 15) is 19.5 Å². The summed E-state index contributed by atoms with van der Waals surface area (Å²) < 4.78 is 2.86. The molecule has 0 bridgehead atoms. The molecule has 2 aromatic heterocycles. The Bertz CT molecular complexity index is 1510. The number of aromatic hydroxyl groups is 1. The van der Waals surface area contributed by atoms with E-state index in [2.05, 4.69) is 15.4 Å². The van der Waals surface area contributed by atoms with Crippen molar-refractivity contribution in [3.05, 3.63) is 87.7 Å². The van der Waals surface area contributed by atoms with Crippen LogP contribution in [0.15, 0.2) is 76.4 Å². The van der Waals surface area contributed by atoms with Gasteiger partial charge in [0.1, 0.15) is 11.4 Å². The minimum atomic E-state index is -0.377. The maximum Gasteiger partial charge on any atom is 0.343 e. The summed E-state index contributed by atoms with van der Waals surface area (Å²) in [5, 5.41) is 17.0. The summed E-state index contributed by atoms with van der Waals surface area (Å²) in [6.45, 7) is 0.839. The van der Waals surface area contributed by atoms with Gasteiger partial charge < -0.3 is 19.9 Å². The molecule has 10 nitrogen and oxygen atoms in total. The highest BCUT2D eigenvalue weighted by atomic mass is 16.3. The number of rotatable bonds is 4. The van der Waals surface area contributed by atoms with Crippen molar-refractivity contribution >= 4 is 11.7 Å². The van der Waals surface area contributed by atoms with Crippen LogP contribution in [0.3, 0.4) is 0 Å². The van der Waals surface area contributed by atoms with Crippen molar-refractivity contribution in [3.63, 3.8) is 0 Å². The Hall–Kier alpha value is -4.60. The summed E-state index contributed by atoms with van der Waals surface area (Å²) in [6.07, 6.45) is 2.78. The van der Waals surface area contributed by atoms with E-state index in [1.165, 1.54) is 9.25 Å². The van der Waals surface area contributed by atoms with E-state index in [1.54, 1.807) is 42.4 Å². The van der Waals surface area contributed by atoms with Crippen molar-refractivity contribution in [1.82, 2.24) is 24.2 Å². The van der Waals surface area contributed by atoms with Crippen LogP contribution < -0.4 is 16.6 Å². The highest BCUT2D eigenvalue weighted by Gasteiger charge is 2.26. The molecule has 36 heavy (non-hydrogen) atoms. The van der Waals surface area contributed by atoms with Gasteiger partial charge in [0.15, 0.2) is 5.82 Å². The fourth-order valence-electron chi connectivity index (χ4n) is 4.46. The molecule has 1 aliphatic rings. The SMILES string of the molecule is Cn1cc(-c2cccc(O)c2)cc(NC(=O)N2CCC(n3nc(-c4ccccc4)[nH]c3=O)CC2)c1=O. The molecule has 2 amide bonds. The number of hydrogen-bond donors (Lipinski definition) is 3. The van der Waals surface area contributed by atoms with Gasteiger partial charge in [0.05, 0.1) is 6.04 Å². The molecule has 0 aliphatic carbocycles. The topological polar surface area (TPSA) is 125 Å². The standard InChI is InChI=1S/C26H26N6O4/c1-30-16-19(18-8-5-9-21(33)14-18)15-22(24(30)34)27-25(35)31-12-10-20(11-13-31)32-26(36)28-23(29-32)17-6-3-2-4-7-17/h2-9,14-16,20,33H,10-13H2,1H3,(H,27,35)(H,28,29,36). The summed E-state index contributed by atoms with van der Waals surface area (Å²) in [7, 11) is 1.61. The number of aromatic nitrogens is 4. The van der Waals surface area contributed by atoms with Crippen LogP contribution in [-0.4, -0.2) is 48.5 Å². The first-order chi connectivity index (χ1) is 17.4. The summed E-state index contributed by atoms with van der Waals surface area (Å²) >= 11 is 0. The highest BCUT2D eigenvalue weighted by molar-refractivity contribution is 5.90. The molecule has 0 saturated carbocycles. The number of hydrogen-bond acceptors (Lipinski definition) is 5. The summed E-state index contributed by atoms with van der Waals surface area (Å²) in [4.78, 5) is 42.6. The van der Waals surface area contributed by atoms with Gasteiger partial charge in [0.2, 0.25) is 0 Å². The lowest BCUT2D eigenvalue weighted by Crippen LogP contribution is -2.43. The van der Waals surface area contributed by atoms with E-state index >= 15 is 0 Å². The second-order valence-electron chi connectivity index (χ2n) is 8.85. The van der Waals surface area contributed by atoms with Crippen LogP contribution in [0.1, 0.15) is 18.9 Å². The van der Waals surface area contributed by atoms with Gasteiger partial charge >= 0.3 is 11.7 Å². The van der Waals surface area contributed by atoms with Crippen LogP contribution in [-0.2, 0) is 7.05 Å². The molecule has 0 atom stereocenters. The average molecular weight is 487 g/mol. The molecule has 184 valence electrons. The van der Waals surface area contributed by atoms with Gasteiger partial charge in [-0.15, -0.1) is 5.10 Å². The van der Waals surface area contributed by atoms with Crippen molar-refractivity contribution < 1.29 is 9.90 Å². The highest BCUT2D eigenvalue weighted by Crippen LogP contribution is 2.25. The Balaban J connectivity index is 1.27. The number of nitrogens with one attached hydrogen (secondary N) is 2. The van der Waals surface area contributed by atoms with Crippen LogP contribution >= 0.6 is 0 Å². The smallest absolute Gasteiger partial charge is 0.343 e. The lowest BCUT2D eigenvalue weighted by Gasteiger charge is -2.31. The number of aryl methyl sites for hydroxylation is 1. The number of likely N-dealkylation sites (tertiary alicyclic amines) is 1. The molecule has 1 aliphatic heterocycles. The maximum absolute atomic E-state index is 13.0. The minimum Gasteiger partial charge on any atom is -0.508 e. The molecule has 0 spiro atoms. The number of urea groups is 1. The maximum atomic E-state index is 13.0. The molecular weight excluding hydrogens is 460 g/mol. The predicted octanol–water partition coefficient (Wildman–Crippen LogP) is 3.18. The third-order valence-corrected chi connectivity index (χ3v) is 6.39. The monoisotopic (exact) mass is 486 g/mol. The molecule has 5 rings (SSSR count). The molecule has 0 unspecified atom stereocenters.